The van der Waals surface area contributed by atoms with Crippen LogP contribution in [0.5, 0.6) is 0 Å². The molecule has 0 atom stereocenters. The van der Waals surface area contributed by atoms with Crippen LogP contribution in [0, 0.1) is 0 Å². The molecule has 0 aromatic heterocycles. The fourth-order valence-electron chi connectivity index (χ4n) is 1.46. The summed E-state index contributed by atoms with van der Waals surface area (Å²) in [6.07, 6.45) is 1.96. The molecule has 0 bridgehead atoms. The van der Waals surface area contributed by atoms with Gasteiger partial charge in [-0.2, -0.15) is 0 Å². The van der Waals surface area contributed by atoms with Gasteiger partial charge in [0.2, 0.25) is 0 Å². The zero-order chi connectivity index (χ0) is 16.9. The van der Waals surface area contributed by atoms with Gasteiger partial charge >= 0.3 is 0 Å². The van der Waals surface area contributed by atoms with Crippen LogP contribution in [0.2, 0.25) is 10.0 Å². The molecule has 1 aromatic rings. The van der Waals surface area contributed by atoms with Crippen LogP contribution in [0.4, 0.5) is 11.4 Å². The number of aliphatic hydroxyl groups is 2. The van der Waals surface area contributed by atoms with Crippen LogP contribution < -0.4 is 10.6 Å². The van der Waals surface area contributed by atoms with Gasteiger partial charge in [0.05, 0.1) is 32.9 Å². The van der Waals surface area contributed by atoms with Crippen LogP contribution in [0.1, 0.15) is 13.8 Å². The summed E-state index contributed by atoms with van der Waals surface area (Å²) in [6.45, 7) is 2.70. The van der Waals surface area contributed by atoms with E-state index in [1.54, 1.807) is 0 Å². The van der Waals surface area contributed by atoms with Crippen molar-refractivity contribution in [2.24, 2.45) is 0 Å². The van der Waals surface area contributed by atoms with Crippen molar-refractivity contribution in [1.82, 2.24) is 0 Å². The van der Waals surface area contributed by atoms with Crippen molar-refractivity contribution in [3.8, 4) is 0 Å². The average molecular weight is 345 g/mol. The Morgan fingerprint density at radius 3 is 1.50 bits per heavy atom. The maximum atomic E-state index is 11.5. The van der Waals surface area contributed by atoms with Crippen molar-refractivity contribution in [2.45, 2.75) is 13.8 Å². The molecule has 118 valence electrons. The molecule has 0 aliphatic carbocycles. The van der Waals surface area contributed by atoms with E-state index in [4.69, 9.17) is 33.4 Å². The maximum Gasteiger partial charge on any atom is 0.251 e. The quantitative estimate of drug-likeness (QED) is 0.493. The highest BCUT2D eigenvalue weighted by molar-refractivity contribution is 6.38. The summed E-state index contributed by atoms with van der Waals surface area (Å²) in [7, 11) is 0. The highest BCUT2D eigenvalue weighted by Gasteiger charge is 2.11. The first-order valence-corrected chi connectivity index (χ1v) is 6.80. The summed E-state index contributed by atoms with van der Waals surface area (Å²) < 4.78 is 0. The van der Waals surface area contributed by atoms with Gasteiger partial charge in [-0.3, -0.25) is 9.59 Å². The number of benzene rings is 1. The zero-order valence-electron chi connectivity index (χ0n) is 11.8. The third-order valence-electron chi connectivity index (χ3n) is 2.25. The molecule has 0 radical (unpaired) electrons. The first-order chi connectivity index (χ1) is 10.2. The van der Waals surface area contributed by atoms with Crippen LogP contribution in [-0.4, -0.2) is 22.0 Å². The Morgan fingerprint density at radius 1 is 0.909 bits per heavy atom. The molecule has 0 unspecified atom stereocenters. The lowest BCUT2D eigenvalue weighted by molar-refractivity contribution is -0.112. The highest BCUT2D eigenvalue weighted by Crippen LogP contribution is 2.32. The Hall–Kier alpha value is -2.18. The van der Waals surface area contributed by atoms with E-state index >= 15 is 0 Å². The van der Waals surface area contributed by atoms with Gasteiger partial charge in [0, 0.05) is 12.2 Å². The monoisotopic (exact) mass is 344 g/mol. The van der Waals surface area contributed by atoms with Crippen LogP contribution in [0.25, 0.3) is 0 Å². The minimum absolute atomic E-state index is 0.141. The summed E-state index contributed by atoms with van der Waals surface area (Å²) in [5, 5.41) is 23.2. The number of amides is 2. The lowest BCUT2D eigenvalue weighted by Gasteiger charge is -2.10. The second kappa shape index (κ2) is 7.72. The minimum atomic E-state index is -0.575. The lowest BCUT2D eigenvalue weighted by Crippen LogP contribution is -2.11. The third kappa shape index (κ3) is 5.67. The molecule has 0 fully saturated rings. The van der Waals surface area contributed by atoms with Crippen molar-refractivity contribution >= 4 is 46.4 Å². The summed E-state index contributed by atoms with van der Waals surface area (Å²) in [6, 6.07) is 2.71. The normalized spacial score (nSPS) is 12.0. The van der Waals surface area contributed by atoms with E-state index in [2.05, 4.69) is 10.6 Å². The molecular formula is C14H14Cl2N2O4. The first-order valence-electron chi connectivity index (χ1n) is 6.04. The van der Waals surface area contributed by atoms with Crippen LogP contribution in [0.3, 0.4) is 0 Å². The molecule has 0 heterocycles. The van der Waals surface area contributed by atoms with Gasteiger partial charge in [0.25, 0.3) is 11.8 Å². The molecule has 0 saturated heterocycles. The molecule has 0 aliphatic heterocycles. The van der Waals surface area contributed by atoms with Crippen molar-refractivity contribution < 1.29 is 19.8 Å². The molecule has 1 rings (SSSR count). The summed E-state index contributed by atoms with van der Waals surface area (Å²) in [5.41, 5.74) is 0.446. The number of hydrogen-bond acceptors (Lipinski definition) is 4. The molecule has 8 heteroatoms. The SMILES string of the molecule is C/C(O)=C/C(=O)Nc1cc(Cl)c(NC(=O)/C=C(\C)O)cc1Cl. The van der Waals surface area contributed by atoms with E-state index in [0.29, 0.717) is 0 Å². The van der Waals surface area contributed by atoms with Gasteiger partial charge in [0.1, 0.15) is 0 Å². The van der Waals surface area contributed by atoms with Gasteiger partial charge in [-0.15, -0.1) is 0 Å². The van der Waals surface area contributed by atoms with E-state index in [-0.39, 0.29) is 32.9 Å². The third-order valence-corrected chi connectivity index (χ3v) is 2.88. The molecule has 0 saturated carbocycles. The molecule has 4 N–H and O–H groups in total. The molecule has 2 amide bonds. The second-order valence-corrected chi connectivity index (χ2v) is 5.18. The number of hydrogen-bond donors (Lipinski definition) is 4. The number of anilines is 2. The number of allylic oxidation sites excluding steroid dienone is 2. The zero-order valence-corrected chi connectivity index (χ0v) is 13.3. The van der Waals surface area contributed by atoms with Gasteiger partial charge < -0.3 is 20.8 Å². The number of aliphatic hydroxyl groups excluding tert-OH is 2. The number of carbonyl (C=O) groups excluding carboxylic acids is 2. The van der Waals surface area contributed by atoms with E-state index in [9.17, 15) is 9.59 Å². The van der Waals surface area contributed by atoms with Crippen LogP contribution in [-0.2, 0) is 9.59 Å². The Morgan fingerprint density at radius 2 is 1.23 bits per heavy atom. The number of nitrogens with one attached hydrogen (secondary N) is 2. The molecule has 0 aliphatic rings. The first kappa shape index (κ1) is 17.9. The van der Waals surface area contributed by atoms with E-state index < -0.39 is 11.8 Å². The molecular weight excluding hydrogens is 331 g/mol. The fraction of sp³-hybridized carbons (Fsp3) is 0.143. The van der Waals surface area contributed by atoms with E-state index in [1.807, 2.05) is 0 Å². The van der Waals surface area contributed by atoms with Crippen molar-refractivity contribution in [1.29, 1.82) is 0 Å². The van der Waals surface area contributed by atoms with Crippen LogP contribution >= 0.6 is 23.2 Å². The summed E-state index contributed by atoms with van der Waals surface area (Å²) in [4.78, 5) is 23.0. The summed E-state index contributed by atoms with van der Waals surface area (Å²) >= 11 is 12.0. The van der Waals surface area contributed by atoms with Crippen LogP contribution in [0.15, 0.2) is 35.8 Å². The lowest BCUT2D eigenvalue weighted by atomic mass is 10.2. The minimum Gasteiger partial charge on any atom is -0.512 e. The van der Waals surface area contributed by atoms with Gasteiger partial charge in [-0.1, -0.05) is 23.2 Å². The average Bonchev–Trinajstić information content (AvgIpc) is 2.33. The summed E-state index contributed by atoms with van der Waals surface area (Å²) in [5.74, 6) is -1.47. The Labute approximate surface area is 137 Å². The predicted octanol–water partition coefficient (Wildman–Crippen LogP) is 3.79. The van der Waals surface area contributed by atoms with E-state index in [0.717, 1.165) is 12.2 Å². The number of carbonyl (C=O) groups is 2. The predicted molar refractivity (Wildman–Crippen MR) is 86.5 cm³/mol. The number of halogens is 2. The Kier molecular flexibility index (Phi) is 6.27. The smallest absolute Gasteiger partial charge is 0.251 e. The molecule has 6 nitrogen and oxygen atoms in total. The fourth-order valence-corrected chi connectivity index (χ4v) is 1.88. The van der Waals surface area contributed by atoms with Gasteiger partial charge in [-0.05, 0) is 26.0 Å². The van der Waals surface area contributed by atoms with Gasteiger partial charge in [0.15, 0.2) is 0 Å². The molecule has 1 aromatic carbocycles. The number of rotatable bonds is 4. The van der Waals surface area contributed by atoms with Crippen molar-refractivity contribution in [2.75, 3.05) is 10.6 Å². The van der Waals surface area contributed by atoms with E-state index in [1.165, 1.54) is 26.0 Å². The molecule has 0 spiro atoms. The maximum absolute atomic E-state index is 11.5. The van der Waals surface area contributed by atoms with Gasteiger partial charge in [-0.25, -0.2) is 0 Å². The Bertz CT molecular complexity index is 603. The van der Waals surface area contributed by atoms with Crippen molar-refractivity contribution in [3.63, 3.8) is 0 Å². The Balaban J connectivity index is 2.97. The highest BCUT2D eigenvalue weighted by atomic mass is 35.5. The standard InChI is InChI=1S/C14H14Cl2N2O4/c1-7(19)3-13(21)17-11-5-10(16)12(6-9(11)15)18-14(22)4-8(2)20/h3-6,19-20H,1-2H3,(H,17,21)(H,18,22)/b7-3-,8-4+. The second-order valence-electron chi connectivity index (χ2n) is 4.36. The largest absolute Gasteiger partial charge is 0.512 e. The topological polar surface area (TPSA) is 98.7 Å². The van der Waals surface area contributed by atoms with Crippen molar-refractivity contribution in [3.05, 3.63) is 45.8 Å². The molecule has 22 heavy (non-hydrogen) atoms.